The van der Waals surface area contributed by atoms with E-state index in [4.69, 9.17) is 0 Å². The highest BCUT2D eigenvalue weighted by Crippen LogP contribution is 2.27. The highest BCUT2D eigenvalue weighted by atomic mass is 79.9. The molecule has 0 spiro atoms. The first-order valence-electron chi connectivity index (χ1n) is 3.56. The second-order valence-electron chi connectivity index (χ2n) is 2.70. The minimum Gasteiger partial charge on any atom is -0.161 e. The molecule has 0 radical (unpaired) electrons. The zero-order valence-electron chi connectivity index (χ0n) is 7.19. The van der Waals surface area contributed by atoms with E-state index in [1.807, 2.05) is 0 Å². The Labute approximate surface area is 82.1 Å². The number of hydrogen-bond donors (Lipinski definition) is 0. The highest BCUT2D eigenvalue weighted by Gasteiger charge is 2.42. The molecule has 1 aromatic rings. The molecule has 0 aliphatic rings. The minimum atomic E-state index is -4.28. The molecule has 0 N–H and O–H groups in total. The molecule has 0 saturated heterocycles. The zero-order chi connectivity index (χ0) is 10.2. The van der Waals surface area contributed by atoms with E-state index in [1.165, 1.54) is 11.7 Å². The van der Waals surface area contributed by atoms with Crippen LogP contribution in [0.15, 0.2) is 6.07 Å². The fraction of sp³-hybridized carbons (Fsp3) is 0.571. The molecule has 13 heavy (non-hydrogen) atoms. The van der Waals surface area contributed by atoms with E-state index >= 15 is 0 Å². The van der Waals surface area contributed by atoms with Crippen LogP contribution in [0.5, 0.6) is 0 Å². The molecule has 0 saturated carbocycles. The van der Waals surface area contributed by atoms with Crippen molar-refractivity contribution in [3.8, 4) is 0 Å². The molecule has 2 nitrogen and oxygen atoms in total. The van der Waals surface area contributed by atoms with E-state index in [1.54, 1.807) is 7.05 Å². The van der Waals surface area contributed by atoms with E-state index in [0.717, 1.165) is 10.7 Å². The number of rotatable bonds is 1. The maximum absolute atomic E-state index is 12.3. The Bertz CT molecular complexity index is 316. The molecule has 74 valence electrons. The summed E-state index contributed by atoms with van der Waals surface area (Å²) in [7, 11) is 2.97. The van der Waals surface area contributed by atoms with Crippen molar-refractivity contribution in [3.05, 3.63) is 17.5 Å². The van der Waals surface area contributed by atoms with E-state index in [0.29, 0.717) is 11.0 Å². The zero-order valence-corrected chi connectivity index (χ0v) is 8.78. The van der Waals surface area contributed by atoms with Crippen LogP contribution in [0.2, 0.25) is 0 Å². The van der Waals surface area contributed by atoms with Crippen LogP contribution in [0, 0.1) is 0 Å². The number of halogens is 4. The van der Waals surface area contributed by atoms with Crippen LogP contribution in [0.25, 0.3) is 0 Å². The van der Waals surface area contributed by atoms with Gasteiger partial charge < -0.3 is 0 Å². The van der Waals surface area contributed by atoms with Gasteiger partial charge in [0.2, 0.25) is 0 Å². The molecule has 1 rings (SSSR count). The van der Waals surface area contributed by atoms with Crippen LogP contribution >= 0.6 is 15.9 Å². The van der Waals surface area contributed by atoms with E-state index in [2.05, 4.69) is 15.9 Å². The lowest BCUT2D eigenvalue weighted by Crippen LogP contribution is -2.43. The number of alkyl halides is 4. The molecule has 0 amide bonds. The summed E-state index contributed by atoms with van der Waals surface area (Å²) >= 11 is 3.12. The van der Waals surface area contributed by atoms with Crippen LogP contribution in [-0.2, 0) is 25.6 Å². The molecular formula is C7H9BrF3N2+. The standard InChI is InChI=1S/C7H9BrF3N2/c1-12-5(4-8)3-6(13(12)2)7(9,10)11/h3H,4H2,1-2H3/q+1. The second kappa shape index (κ2) is 3.32. The molecule has 0 aliphatic heterocycles. The highest BCUT2D eigenvalue weighted by molar-refractivity contribution is 9.08. The topological polar surface area (TPSA) is 8.81 Å². The van der Waals surface area contributed by atoms with E-state index < -0.39 is 11.9 Å². The van der Waals surface area contributed by atoms with Crippen molar-refractivity contribution in [2.45, 2.75) is 11.5 Å². The van der Waals surface area contributed by atoms with Gasteiger partial charge in [-0.2, -0.15) is 17.9 Å². The summed E-state index contributed by atoms with van der Waals surface area (Å²) in [5.74, 6) is 0. The first kappa shape index (κ1) is 10.6. The Balaban J connectivity index is 3.25. The van der Waals surface area contributed by atoms with Crippen LogP contribution in [0.3, 0.4) is 0 Å². The van der Waals surface area contributed by atoms with Crippen molar-refractivity contribution in [3.63, 3.8) is 0 Å². The van der Waals surface area contributed by atoms with Crippen LogP contribution in [-0.4, -0.2) is 4.68 Å². The largest absolute Gasteiger partial charge is 0.479 e. The van der Waals surface area contributed by atoms with Gasteiger partial charge >= 0.3 is 11.9 Å². The van der Waals surface area contributed by atoms with Gasteiger partial charge in [-0.25, -0.2) is 0 Å². The Hall–Kier alpha value is -0.520. The lowest BCUT2D eigenvalue weighted by atomic mass is 10.3. The van der Waals surface area contributed by atoms with Gasteiger partial charge in [0.15, 0.2) is 7.05 Å². The fourth-order valence-corrected chi connectivity index (χ4v) is 1.61. The molecular weight excluding hydrogens is 249 g/mol. The Morgan fingerprint density at radius 3 is 2.31 bits per heavy atom. The fourth-order valence-electron chi connectivity index (χ4n) is 1.09. The van der Waals surface area contributed by atoms with Gasteiger partial charge in [0.25, 0.3) is 0 Å². The molecule has 0 unspecified atom stereocenters. The molecule has 0 aromatic carbocycles. The van der Waals surface area contributed by atoms with Gasteiger partial charge in [0.1, 0.15) is 0 Å². The average molecular weight is 258 g/mol. The van der Waals surface area contributed by atoms with Crippen molar-refractivity contribution in [1.82, 2.24) is 4.68 Å². The molecule has 0 aliphatic carbocycles. The van der Waals surface area contributed by atoms with Crippen molar-refractivity contribution in [2.75, 3.05) is 0 Å². The van der Waals surface area contributed by atoms with Gasteiger partial charge in [-0.3, -0.25) is 0 Å². The smallest absolute Gasteiger partial charge is 0.161 e. The Kier molecular flexibility index (Phi) is 2.70. The molecule has 0 fully saturated rings. The third kappa shape index (κ3) is 1.87. The van der Waals surface area contributed by atoms with Gasteiger partial charge in [-0.05, 0) is 0 Å². The Morgan fingerprint density at radius 1 is 1.54 bits per heavy atom. The molecule has 0 bridgehead atoms. The van der Waals surface area contributed by atoms with Gasteiger partial charge in [-0.1, -0.05) is 15.9 Å². The molecule has 6 heteroatoms. The lowest BCUT2D eigenvalue weighted by molar-refractivity contribution is -0.766. The van der Waals surface area contributed by atoms with Crippen molar-refractivity contribution in [2.24, 2.45) is 14.1 Å². The SMILES string of the molecule is Cn1c(CBr)cc(C(F)(F)F)[n+]1C. The normalized spacial score (nSPS) is 12.2. The first-order valence-corrected chi connectivity index (χ1v) is 4.68. The lowest BCUT2D eigenvalue weighted by Gasteiger charge is -1.99. The summed E-state index contributed by atoms with van der Waals surface area (Å²) in [6.07, 6.45) is -4.28. The van der Waals surface area contributed by atoms with Crippen LogP contribution in [0.4, 0.5) is 13.2 Å². The number of hydrogen-bond acceptors (Lipinski definition) is 0. The molecule has 0 atom stereocenters. The maximum atomic E-state index is 12.3. The predicted octanol–water partition coefficient (Wildman–Crippen LogP) is 1.76. The van der Waals surface area contributed by atoms with Crippen LogP contribution < -0.4 is 4.68 Å². The quantitative estimate of drug-likeness (QED) is 0.536. The molecule has 1 heterocycles. The monoisotopic (exact) mass is 257 g/mol. The van der Waals surface area contributed by atoms with E-state index in [9.17, 15) is 13.2 Å². The minimum absolute atomic E-state index is 0.410. The van der Waals surface area contributed by atoms with Gasteiger partial charge in [-0.15, -0.1) is 4.68 Å². The summed E-state index contributed by atoms with van der Waals surface area (Å²) in [5, 5.41) is 0.410. The van der Waals surface area contributed by atoms with Gasteiger partial charge in [0, 0.05) is 11.4 Å². The predicted molar refractivity (Wildman–Crippen MR) is 44.2 cm³/mol. The summed E-state index contributed by atoms with van der Waals surface area (Å²) in [4.78, 5) is 0. The number of nitrogens with zero attached hydrogens (tertiary/aromatic N) is 2. The van der Waals surface area contributed by atoms with Crippen LogP contribution in [0.1, 0.15) is 11.4 Å². The molecule has 1 aromatic heterocycles. The third-order valence-corrected chi connectivity index (χ3v) is 2.52. The first-order chi connectivity index (χ1) is 5.88. The second-order valence-corrected chi connectivity index (χ2v) is 3.26. The maximum Gasteiger partial charge on any atom is 0.479 e. The van der Waals surface area contributed by atoms with Gasteiger partial charge in [0.05, 0.1) is 12.7 Å². The summed E-state index contributed by atoms with van der Waals surface area (Å²) in [6.45, 7) is 0. The third-order valence-electron chi connectivity index (χ3n) is 1.94. The summed E-state index contributed by atoms with van der Waals surface area (Å²) in [6, 6.07) is 1.13. The Morgan fingerprint density at radius 2 is 2.08 bits per heavy atom. The average Bonchev–Trinajstić information content (AvgIpc) is 2.28. The number of aromatic nitrogens is 2. The van der Waals surface area contributed by atoms with Crippen molar-refractivity contribution < 1.29 is 17.9 Å². The van der Waals surface area contributed by atoms with E-state index in [-0.39, 0.29) is 0 Å². The van der Waals surface area contributed by atoms with Crippen molar-refractivity contribution in [1.29, 1.82) is 0 Å². The summed E-state index contributed by atoms with van der Waals surface area (Å²) < 4.78 is 39.5. The summed E-state index contributed by atoms with van der Waals surface area (Å²) in [5.41, 5.74) is -0.0423. The van der Waals surface area contributed by atoms with Crippen molar-refractivity contribution >= 4 is 15.9 Å².